The minimum absolute atomic E-state index is 0.0924. The number of hydrogen-bond acceptors (Lipinski definition) is 4. The van der Waals surface area contributed by atoms with Crippen LogP contribution < -0.4 is 10.1 Å². The molecule has 0 aliphatic heterocycles. The van der Waals surface area contributed by atoms with Crippen molar-refractivity contribution in [3.05, 3.63) is 60.2 Å². The number of hydrogen-bond donors (Lipinski definition) is 2. The molecule has 0 saturated heterocycles. The molecule has 0 atom stereocenters. The maximum Gasteiger partial charge on any atom is 0.251 e. The number of fused-ring (bicyclic) bond motifs is 2. The molecule has 4 aromatic rings. The van der Waals surface area contributed by atoms with Crippen LogP contribution in [0.2, 0.25) is 0 Å². The Morgan fingerprint density at radius 2 is 1.81 bits per heavy atom. The molecule has 4 rings (SSSR count). The highest BCUT2D eigenvalue weighted by Crippen LogP contribution is 2.31. The SMILES string of the molecule is CCN(CC)CCCNC(=O)c1ccc(-c2nc3cc4ccccc4cc3[nH]2)c(OC)c1. The molecule has 1 heterocycles. The normalized spacial score (nSPS) is 11.4. The highest BCUT2D eigenvalue weighted by molar-refractivity contribution is 5.97. The van der Waals surface area contributed by atoms with Gasteiger partial charge in [0, 0.05) is 12.1 Å². The van der Waals surface area contributed by atoms with Gasteiger partial charge in [0.1, 0.15) is 11.6 Å². The molecule has 3 aromatic carbocycles. The molecule has 0 aliphatic carbocycles. The first-order valence-electron chi connectivity index (χ1n) is 11.2. The Kier molecular flexibility index (Phi) is 6.71. The summed E-state index contributed by atoms with van der Waals surface area (Å²) in [4.78, 5) is 23.1. The number of carbonyl (C=O) groups excluding carboxylic acids is 1. The van der Waals surface area contributed by atoms with E-state index in [0.717, 1.165) is 59.2 Å². The van der Waals surface area contributed by atoms with Crippen LogP contribution in [0.1, 0.15) is 30.6 Å². The maximum absolute atomic E-state index is 12.6. The number of H-pyrrole nitrogens is 1. The lowest BCUT2D eigenvalue weighted by Gasteiger charge is -2.17. The molecule has 166 valence electrons. The van der Waals surface area contributed by atoms with E-state index >= 15 is 0 Å². The van der Waals surface area contributed by atoms with E-state index in [1.54, 1.807) is 13.2 Å². The van der Waals surface area contributed by atoms with Crippen molar-refractivity contribution in [2.24, 2.45) is 0 Å². The van der Waals surface area contributed by atoms with Crippen molar-refractivity contribution in [2.45, 2.75) is 20.3 Å². The molecule has 0 aliphatic rings. The van der Waals surface area contributed by atoms with Crippen LogP contribution in [0.4, 0.5) is 0 Å². The molecule has 0 spiro atoms. The van der Waals surface area contributed by atoms with E-state index in [2.05, 4.69) is 53.3 Å². The monoisotopic (exact) mass is 430 g/mol. The van der Waals surface area contributed by atoms with Gasteiger partial charge in [0.25, 0.3) is 5.91 Å². The lowest BCUT2D eigenvalue weighted by Crippen LogP contribution is -2.29. The van der Waals surface area contributed by atoms with Crippen molar-refractivity contribution >= 4 is 27.7 Å². The smallest absolute Gasteiger partial charge is 0.251 e. The Hall–Kier alpha value is -3.38. The van der Waals surface area contributed by atoms with Gasteiger partial charge < -0.3 is 19.9 Å². The Balaban J connectivity index is 1.52. The van der Waals surface area contributed by atoms with Crippen LogP contribution in [0.3, 0.4) is 0 Å². The number of methoxy groups -OCH3 is 1. The number of rotatable bonds is 9. The lowest BCUT2D eigenvalue weighted by molar-refractivity contribution is 0.0951. The summed E-state index contributed by atoms with van der Waals surface area (Å²) in [5, 5.41) is 5.32. The average Bonchev–Trinajstić information content (AvgIpc) is 3.24. The number of carbonyl (C=O) groups is 1. The number of aromatic nitrogens is 2. The van der Waals surface area contributed by atoms with Crippen LogP contribution in [0.15, 0.2) is 54.6 Å². The Morgan fingerprint density at radius 3 is 2.53 bits per heavy atom. The Morgan fingerprint density at radius 1 is 1.06 bits per heavy atom. The van der Waals surface area contributed by atoms with Crippen molar-refractivity contribution < 1.29 is 9.53 Å². The van der Waals surface area contributed by atoms with E-state index in [0.29, 0.717) is 17.9 Å². The third-order valence-corrected chi connectivity index (χ3v) is 5.90. The largest absolute Gasteiger partial charge is 0.496 e. The van der Waals surface area contributed by atoms with Gasteiger partial charge in [-0.3, -0.25) is 4.79 Å². The summed E-state index contributed by atoms with van der Waals surface area (Å²) in [7, 11) is 1.61. The quantitative estimate of drug-likeness (QED) is 0.372. The van der Waals surface area contributed by atoms with Crippen LogP contribution in [-0.2, 0) is 0 Å². The molecule has 0 saturated carbocycles. The van der Waals surface area contributed by atoms with Crippen molar-refractivity contribution in [1.29, 1.82) is 0 Å². The van der Waals surface area contributed by atoms with Crippen LogP contribution >= 0.6 is 0 Å². The summed E-state index contributed by atoms with van der Waals surface area (Å²) >= 11 is 0. The molecule has 0 bridgehead atoms. The van der Waals surface area contributed by atoms with Crippen LogP contribution in [0.25, 0.3) is 33.2 Å². The standard InChI is InChI=1S/C26H30N4O2/c1-4-30(5-2)14-8-13-27-26(31)20-11-12-21(24(17-20)32-3)25-28-22-15-18-9-6-7-10-19(18)16-23(22)29-25/h6-7,9-12,15-17H,4-5,8,13-14H2,1-3H3,(H,27,31)(H,28,29). The number of amides is 1. The molecule has 1 aromatic heterocycles. The minimum Gasteiger partial charge on any atom is -0.496 e. The van der Waals surface area contributed by atoms with E-state index in [9.17, 15) is 4.79 Å². The topological polar surface area (TPSA) is 70.2 Å². The van der Waals surface area contributed by atoms with Gasteiger partial charge in [-0.1, -0.05) is 38.1 Å². The van der Waals surface area contributed by atoms with Crippen molar-refractivity contribution in [1.82, 2.24) is 20.2 Å². The van der Waals surface area contributed by atoms with Crippen molar-refractivity contribution in [3.8, 4) is 17.1 Å². The minimum atomic E-state index is -0.0924. The zero-order valence-corrected chi connectivity index (χ0v) is 18.9. The summed E-state index contributed by atoms with van der Waals surface area (Å²) < 4.78 is 5.60. The van der Waals surface area contributed by atoms with Gasteiger partial charge in [-0.05, 0) is 67.2 Å². The summed E-state index contributed by atoms with van der Waals surface area (Å²) in [6, 6.07) is 17.9. The fraction of sp³-hybridized carbons (Fsp3) is 0.308. The molecular weight excluding hydrogens is 400 g/mol. The summed E-state index contributed by atoms with van der Waals surface area (Å²) in [6.45, 7) is 8.00. The van der Waals surface area contributed by atoms with Gasteiger partial charge in [-0.2, -0.15) is 0 Å². The van der Waals surface area contributed by atoms with Crippen molar-refractivity contribution in [3.63, 3.8) is 0 Å². The highest BCUT2D eigenvalue weighted by Gasteiger charge is 2.15. The number of imidazole rings is 1. The Labute approximate surface area is 188 Å². The predicted molar refractivity (Wildman–Crippen MR) is 130 cm³/mol. The van der Waals surface area contributed by atoms with E-state index < -0.39 is 0 Å². The van der Waals surface area contributed by atoms with E-state index in [1.807, 2.05) is 24.3 Å². The highest BCUT2D eigenvalue weighted by atomic mass is 16.5. The first kappa shape index (κ1) is 21.8. The first-order chi connectivity index (χ1) is 15.6. The second-order valence-corrected chi connectivity index (χ2v) is 7.85. The molecule has 1 amide bonds. The molecule has 2 N–H and O–H groups in total. The molecule has 0 fully saturated rings. The lowest BCUT2D eigenvalue weighted by atomic mass is 10.1. The molecular formula is C26H30N4O2. The molecule has 32 heavy (non-hydrogen) atoms. The molecule has 0 radical (unpaired) electrons. The third kappa shape index (κ3) is 4.60. The van der Waals surface area contributed by atoms with Gasteiger partial charge in [-0.15, -0.1) is 0 Å². The molecule has 6 heteroatoms. The fourth-order valence-corrected chi connectivity index (χ4v) is 4.00. The van der Waals surface area contributed by atoms with Crippen LogP contribution in [0.5, 0.6) is 5.75 Å². The second kappa shape index (κ2) is 9.83. The number of nitrogens with zero attached hydrogens (tertiary/aromatic N) is 2. The van der Waals surface area contributed by atoms with Gasteiger partial charge in [0.15, 0.2) is 0 Å². The summed E-state index contributed by atoms with van der Waals surface area (Å²) in [6.07, 6.45) is 0.927. The van der Waals surface area contributed by atoms with Gasteiger partial charge in [0.2, 0.25) is 0 Å². The first-order valence-corrected chi connectivity index (χ1v) is 11.2. The van der Waals surface area contributed by atoms with Crippen LogP contribution in [-0.4, -0.2) is 54.1 Å². The number of aromatic amines is 1. The van der Waals surface area contributed by atoms with E-state index in [4.69, 9.17) is 9.72 Å². The Bertz CT molecular complexity index is 1170. The fourth-order valence-electron chi connectivity index (χ4n) is 4.00. The van der Waals surface area contributed by atoms with E-state index in [1.165, 1.54) is 0 Å². The summed E-state index contributed by atoms with van der Waals surface area (Å²) in [5.41, 5.74) is 3.27. The molecule has 6 nitrogen and oxygen atoms in total. The number of benzene rings is 3. The maximum atomic E-state index is 12.6. The van der Waals surface area contributed by atoms with Crippen molar-refractivity contribution in [2.75, 3.05) is 33.3 Å². The number of ether oxygens (including phenoxy) is 1. The third-order valence-electron chi connectivity index (χ3n) is 5.90. The second-order valence-electron chi connectivity index (χ2n) is 7.85. The summed E-state index contributed by atoms with van der Waals surface area (Å²) in [5.74, 6) is 1.24. The number of nitrogens with one attached hydrogen (secondary N) is 2. The van der Waals surface area contributed by atoms with E-state index in [-0.39, 0.29) is 5.91 Å². The zero-order chi connectivity index (χ0) is 22.5. The van der Waals surface area contributed by atoms with Gasteiger partial charge >= 0.3 is 0 Å². The molecule has 0 unspecified atom stereocenters. The zero-order valence-electron chi connectivity index (χ0n) is 18.9. The average molecular weight is 431 g/mol. The predicted octanol–water partition coefficient (Wildman–Crippen LogP) is 4.85. The van der Waals surface area contributed by atoms with Gasteiger partial charge in [-0.25, -0.2) is 4.98 Å². The van der Waals surface area contributed by atoms with Crippen LogP contribution in [0, 0.1) is 0 Å². The van der Waals surface area contributed by atoms with Gasteiger partial charge in [0.05, 0.1) is 23.7 Å².